The van der Waals surface area contributed by atoms with Crippen LogP contribution in [0.3, 0.4) is 0 Å². The lowest BCUT2D eigenvalue weighted by molar-refractivity contribution is -0.136. The maximum Gasteiger partial charge on any atom is 0.361 e. The molecule has 2 atom stereocenters. The number of esters is 3. The minimum absolute atomic E-state index is 0.0225. The first-order valence-electron chi connectivity index (χ1n) is 16.1. The van der Waals surface area contributed by atoms with Crippen LogP contribution in [-0.4, -0.2) is 69.4 Å². The van der Waals surface area contributed by atoms with Gasteiger partial charge >= 0.3 is 23.5 Å². The van der Waals surface area contributed by atoms with Gasteiger partial charge in [-0.25, -0.2) is 14.4 Å². The van der Waals surface area contributed by atoms with Crippen molar-refractivity contribution in [2.45, 2.75) is 25.9 Å². The highest BCUT2D eigenvalue weighted by atomic mass is 16.6. The van der Waals surface area contributed by atoms with Gasteiger partial charge in [-0.3, -0.25) is 4.79 Å². The van der Waals surface area contributed by atoms with E-state index in [-0.39, 0.29) is 57.9 Å². The number of hydrogen-bond donors (Lipinski definition) is 3. The number of carbonyl (C=O) groups is 3. The molecule has 3 heterocycles. The van der Waals surface area contributed by atoms with Gasteiger partial charge in [0.2, 0.25) is 5.75 Å². The summed E-state index contributed by atoms with van der Waals surface area (Å²) in [6.07, 6.45) is 1.62. The van der Waals surface area contributed by atoms with Crippen molar-refractivity contribution in [2.75, 3.05) is 35.0 Å². The number of benzene rings is 3. The van der Waals surface area contributed by atoms with Crippen molar-refractivity contribution in [3.8, 4) is 51.4 Å². The Morgan fingerprint density at radius 2 is 1.34 bits per heavy atom. The van der Waals surface area contributed by atoms with E-state index in [1.165, 1.54) is 54.4 Å². The molecule has 0 aliphatic carbocycles. The molecule has 6 rings (SSSR count). The number of aromatic nitrogens is 1. The Balaban J connectivity index is 1.83. The Morgan fingerprint density at radius 3 is 1.96 bits per heavy atom. The Labute approximate surface area is 300 Å². The number of fused-ring (bicyclic) bond motifs is 7. The molecule has 3 aromatic heterocycles. The number of nitrogens with zero attached hydrogens (tertiary/aromatic N) is 1. The molecule has 16 heteroatoms. The summed E-state index contributed by atoms with van der Waals surface area (Å²) in [5.41, 5.74) is 17.9. The van der Waals surface area contributed by atoms with Crippen molar-refractivity contribution >= 4 is 56.1 Å². The van der Waals surface area contributed by atoms with Crippen molar-refractivity contribution in [3.63, 3.8) is 0 Å². The molecule has 6 aromatic rings. The summed E-state index contributed by atoms with van der Waals surface area (Å²) in [7, 11) is 5.62. The first kappa shape index (κ1) is 36.4. The molecule has 0 fully saturated rings. The second kappa shape index (κ2) is 14.3. The smallest absolute Gasteiger partial charge is 0.361 e. The molecule has 0 aliphatic heterocycles. The van der Waals surface area contributed by atoms with Gasteiger partial charge in [-0.05, 0) is 49.7 Å². The number of pyridine rings is 1. The van der Waals surface area contributed by atoms with Crippen LogP contribution in [0.4, 0.5) is 0 Å². The first-order chi connectivity index (χ1) is 25.4. The molecule has 0 saturated carbocycles. The molecule has 276 valence electrons. The van der Waals surface area contributed by atoms with Gasteiger partial charge in [0.05, 0.1) is 40.5 Å². The Morgan fingerprint density at radius 1 is 0.698 bits per heavy atom. The van der Waals surface area contributed by atoms with Gasteiger partial charge in [0.25, 0.3) is 0 Å². The van der Waals surface area contributed by atoms with Crippen LogP contribution in [0.25, 0.3) is 49.3 Å². The zero-order valence-corrected chi connectivity index (χ0v) is 29.6. The van der Waals surface area contributed by atoms with Gasteiger partial charge in [0.15, 0.2) is 34.5 Å². The highest BCUT2D eigenvalue weighted by Crippen LogP contribution is 2.49. The molecule has 3 aromatic carbocycles. The van der Waals surface area contributed by atoms with Crippen LogP contribution >= 0.6 is 0 Å². The van der Waals surface area contributed by atoms with E-state index in [2.05, 4.69) is 0 Å². The number of nitrogens with two attached hydrogens (primary N) is 3. The van der Waals surface area contributed by atoms with Crippen molar-refractivity contribution < 1.29 is 52.0 Å². The lowest BCUT2D eigenvalue weighted by Crippen LogP contribution is -2.31. The molecular formula is C37H36N4O12. The van der Waals surface area contributed by atoms with Crippen LogP contribution in [0.5, 0.6) is 40.2 Å². The zero-order chi connectivity index (χ0) is 38.3. The molecule has 53 heavy (non-hydrogen) atoms. The summed E-state index contributed by atoms with van der Waals surface area (Å²) in [6.45, 7) is 2.58. The summed E-state index contributed by atoms with van der Waals surface area (Å²) in [6, 6.07) is 9.17. The molecule has 6 N–H and O–H groups in total. The molecule has 0 spiro atoms. The molecule has 0 aliphatic rings. The van der Waals surface area contributed by atoms with E-state index in [4.69, 9.17) is 54.8 Å². The Kier molecular flexibility index (Phi) is 9.86. The molecule has 0 unspecified atom stereocenters. The standard InChI is InChI=1S/C37H36N4O12/c1-16(39)35(43)52-26-14-23-21(13-25(26)47-4)30-29(18-7-8-22(24(11-18)46-3)50-28(42)15-38)31-20-12-27(48-5)34(49-6)33(53-36(44)17(2)40)19(20)9-10-41(31)32(30)37(45)51-23/h7-14,16-17H,15,38-40H2,1-6H3/t16-,17-/m0/s1. The van der Waals surface area contributed by atoms with Gasteiger partial charge in [0.1, 0.15) is 23.2 Å². The monoisotopic (exact) mass is 728 g/mol. The van der Waals surface area contributed by atoms with Gasteiger partial charge in [-0.2, -0.15) is 0 Å². The topological polar surface area (TPSA) is 228 Å². The molecule has 16 nitrogen and oxygen atoms in total. The van der Waals surface area contributed by atoms with Gasteiger partial charge in [-0.1, -0.05) is 6.07 Å². The number of methoxy groups -OCH3 is 4. The second-order valence-corrected chi connectivity index (χ2v) is 11.9. The lowest BCUT2D eigenvalue weighted by Gasteiger charge is -2.18. The van der Waals surface area contributed by atoms with Crippen molar-refractivity contribution in [2.24, 2.45) is 17.2 Å². The Bertz CT molecular complexity index is 2520. The molecule has 0 radical (unpaired) electrons. The minimum Gasteiger partial charge on any atom is -0.493 e. The van der Waals surface area contributed by atoms with Crippen molar-refractivity contribution in [3.05, 3.63) is 59.1 Å². The Hall–Kier alpha value is -6.36. The van der Waals surface area contributed by atoms with E-state index in [0.29, 0.717) is 38.2 Å². The van der Waals surface area contributed by atoms with Crippen LogP contribution < -0.4 is 56.0 Å². The van der Waals surface area contributed by atoms with Gasteiger partial charge in [-0.15, -0.1) is 0 Å². The fourth-order valence-corrected chi connectivity index (χ4v) is 6.01. The van der Waals surface area contributed by atoms with E-state index in [1.54, 1.807) is 40.9 Å². The number of hydrogen-bond acceptors (Lipinski definition) is 15. The summed E-state index contributed by atoms with van der Waals surface area (Å²) in [5, 5.41) is 1.66. The quantitative estimate of drug-likeness (QED) is 0.0986. The fourth-order valence-electron chi connectivity index (χ4n) is 6.01. The van der Waals surface area contributed by atoms with Crippen LogP contribution in [0.2, 0.25) is 0 Å². The number of carbonyl (C=O) groups excluding carboxylic acids is 3. The van der Waals surface area contributed by atoms with Gasteiger partial charge < -0.3 is 59.2 Å². The molecule has 0 amide bonds. The van der Waals surface area contributed by atoms with Gasteiger partial charge in [0, 0.05) is 39.4 Å². The maximum absolute atomic E-state index is 14.1. The summed E-state index contributed by atoms with van der Waals surface area (Å²) in [4.78, 5) is 51.6. The van der Waals surface area contributed by atoms with Crippen LogP contribution in [0.15, 0.2) is 57.9 Å². The predicted octanol–water partition coefficient (Wildman–Crippen LogP) is 3.42. The summed E-state index contributed by atoms with van der Waals surface area (Å²) < 4.78 is 46.8. The third-order valence-corrected chi connectivity index (χ3v) is 8.45. The van der Waals surface area contributed by atoms with E-state index in [9.17, 15) is 19.2 Å². The van der Waals surface area contributed by atoms with E-state index in [1.807, 2.05) is 0 Å². The van der Waals surface area contributed by atoms with E-state index < -0.39 is 35.6 Å². The average Bonchev–Trinajstić information content (AvgIpc) is 3.50. The largest absolute Gasteiger partial charge is 0.493 e. The summed E-state index contributed by atoms with van der Waals surface area (Å²) in [5.74, 6) is -1.38. The second-order valence-electron chi connectivity index (χ2n) is 11.9. The van der Waals surface area contributed by atoms with E-state index in [0.717, 1.165) is 0 Å². The van der Waals surface area contributed by atoms with Crippen molar-refractivity contribution in [1.29, 1.82) is 0 Å². The average molecular weight is 729 g/mol. The molecular weight excluding hydrogens is 692 g/mol. The lowest BCUT2D eigenvalue weighted by atomic mass is 9.97. The fraction of sp³-hybridized carbons (Fsp3) is 0.243. The van der Waals surface area contributed by atoms with Crippen LogP contribution in [0.1, 0.15) is 13.8 Å². The number of rotatable bonds is 11. The normalized spacial score (nSPS) is 12.5. The third kappa shape index (κ3) is 6.28. The van der Waals surface area contributed by atoms with Crippen molar-refractivity contribution in [1.82, 2.24) is 4.40 Å². The highest BCUT2D eigenvalue weighted by Gasteiger charge is 2.28. The SMILES string of the molecule is COc1cc(-c2c3c4cc(OC)c(OC(=O)[C@H](C)N)cc4oc(=O)c3n3ccc4c(OC(=O)[C@H](C)N)c(OC)c(OC)cc4c23)ccc1OC(=O)CN. The maximum atomic E-state index is 14.1. The predicted molar refractivity (Wildman–Crippen MR) is 193 cm³/mol. The van der Waals surface area contributed by atoms with Crippen LogP contribution in [-0.2, 0) is 14.4 Å². The third-order valence-electron chi connectivity index (χ3n) is 8.45. The molecule has 0 saturated heterocycles. The van der Waals surface area contributed by atoms with Crippen LogP contribution in [0, 0.1) is 0 Å². The highest BCUT2D eigenvalue weighted by molar-refractivity contribution is 6.22. The minimum atomic E-state index is -0.973. The summed E-state index contributed by atoms with van der Waals surface area (Å²) >= 11 is 0. The molecule has 0 bridgehead atoms. The first-order valence-corrected chi connectivity index (χ1v) is 16.1. The van der Waals surface area contributed by atoms with E-state index >= 15 is 0 Å². The zero-order valence-electron chi connectivity index (χ0n) is 29.6. The number of ether oxygens (including phenoxy) is 7.